The minimum atomic E-state index is -1.04. The number of carboxylic acid groups (broad SMARTS) is 3. The number of amides is 1. The number of hydrogen-bond acceptors (Lipinski definition) is 8. The van der Waals surface area contributed by atoms with E-state index in [-0.39, 0.29) is 45.3 Å². The molecule has 1 amide bonds. The SMILES string of the molecule is CCNC(=O)CN1CCN(CC(=O)O)CCN(CC(=O)O)CN(CC(=O)O)CC1. The first-order chi connectivity index (χ1) is 13.7. The van der Waals surface area contributed by atoms with Gasteiger partial charge >= 0.3 is 17.9 Å². The van der Waals surface area contributed by atoms with E-state index in [9.17, 15) is 24.3 Å². The van der Waals surface area contributed by atoms with Crippen LogP contribution in [0, 0.1) is 0 Å². The smallest absolute Gasteiger partial charge is 0.317 e. The van der Waals surface area contributed by atoms with Crippen LogP contribution in [-0.2, 0) is 19.2 Å². The molecule has 4 N–H and O–H groups in total. The summed E-state index contributed by atoms with van der Waals surface area (Å²) < 4.78 is 0. The Balaban J connectivity index is 2.96. The molecule has 166 valence electrons. The zero-order valence-corrected chi connectivity index (χ0v) is 16.7. The molecule has 1 fully saturated rings. The minimum absolute atomic E-state index is 0.120. The molecule has 1 aliphatic rings. The van der Waals surface area contributed by atoms with E-state index in [1.54, 1.807) is 14.7 Å². The molecule has 1 heterocycles. The van der Waals surface area contributed by atoms with Gasteiger partial charge in [0.05, 0.1) is 32.8 Å². The average molecular weight is 417 g/mol. The summed E-state index contributed by atoms with van der Waals surface area (Å²) in [5.74, 6) is -3.23. The highest BCUT2D eigenvalue weighted by Gasteiger charge is 2.22. The Hall–Kier alpha value is -2.28. The molecule has 0 bridgehead atoms. The van der Waals surface area contributed by atoms with Gasteiger partial charge in [-0.2, -0.15) is 0 Å². The number of carbonyl (C=O) groups is 4. The van der Waals surface area contributed by atoms with Crippen LogP contribution < -0.4 is 5.32 Å². The van der Waals surface area contributed by atoms with Crippen molar-refractivity contribution < 1.29 is 34.5 Å². The zero-order chi connectivity index (χ0) is 21.8. The molecule has 12 heteroatoms. The van der Waals surface area contributed by atoms with Gasteiger partial charge in [0.1, 0.15) is 0 Å². The van der Waals surface area contributed by atoms with E-state index in [2.05, 4.69) is 5.32 Å². The third-order valence-electron chi connectivity index (χ3n) is 4.42. The van der Waals surface area contributed by atoms with Crippen molar-refractivity contribution in [2.75, 3.05) is 78.7 Å². The van der Waals surface area contributed by atoms with Gasteiger partial charge in [-0.25, -0.2) is 0 Å². The number of nitrogens with one attached hydrogen (secondary N) is 1. The lowest BCUT2D eigenvalue weighted by atomic mass is 10.3. The van der Waals surface area contributed by atoms with E-state index >= 15 is 0 Å². The standard InChI is InChI=1S/C17H31N5O7/c1-2-18-14(23)9-19-3-4-20(10-15(24)25)6-8-22(12-17(28)29)13-21(7-5-19)11-16(26)27/h2-13H2,1H3,(H,18,23)(H,24,25)(H,26,27)(H,28,29). The number of aliphatic carboxylic acids is 3. The molecule has 29 heavy (non-hydrogen) atoms. The first-order valence-electron chi connectivity index (χ1n) is 9.51. The van der Waals surface area contributed by atoms with Crippen LogP contribution in [-0.4, -0.2) is 137 Å². The maximum atomic E-state index is 12.0. The number of hydrogen-bond donors (Lipinski definition) is 4. The topological polar surface area (TPSA) is 154 Å². The van der Waals surface area contributed by atoms with E-state index in [1.807, 2.05) is 11.8 Å². The van der Waals surface area contributed by atoms with Gasteiger partial charge < -0.3 is 20.6 Å². The van der Waals surface area contributed by atoms with Crippen molar-refractivity contribution in [3.8, 4) is 0 Å². The van der Waals surface area contributed by atoms with Crippen LogP contribution in [0.5, 0.6) is 0 Å². The lowest BCUT2D eigenvalue weighted by molar-refractivity contribution is -0.141. The van der Waals surface area contributed by atoms with Gasteiger partial charge in [-0.05, 0) is 6.92 Å². The minimum Gasteiger partial charge on any atom is -0.480 e. The third-order valence-corrected chi connectivity index (χ3v) is 4.42. The highest BCUT2D eigenvalue weighted by molar-refractivity contribution is 5.77. The van der Waals surface area contributed by atoms with Crippen molar-refractivity contribution in [3.05, 3.63) is 0 Å². The molecule has 0 unspecified atom stereocenters. The number of nitrogens with zero attached hydrogens (tertiary/aromatic N) is 4. The number of rotatable bonds is 9. The Morgan fingerprint density at radius 3 is 1.38 bits per heavy atom. The van der Waals surface area contributed by atoms with Crippen molar-refractivity contribution >= 4 is 23.8 Å². The molecule has 0 aromatic rings. The summed E-state index contributed by atoms with van der Waals surface area (Å²) in [4.78, 5) is 52.3. The first kappa shape index (κ1) is 24.8. The number of carbonyl (C=O) groups excluding carboxylic acids is 1. The van der Waals surface area contributed by atoms with Gasteiger partial charge in [0.25, 0.3) is 0 Å². The second-order valence-electron chi connectivity index (χ2n) is 6.93. The Labute approximate surface area is 169 Å². The maximum Gasteiger partial charge on any atom is 0.317 e. The fraction of sp³-hybridized carbons (Fsp3) is 0.765. The zero-order valence-electron chi connectivity index (χ0n) is 16.7. The quantitative estimate of drug-likeness (QED) is 0.316. The normalized spacial score (nSPS) is 18.7. The second-order valence-corrected chi connectivity index (χ2v) is 6.93. The van der Waals surface area contributed by atoms with Crippen molar-refractivity contribution in [1.29, 1.82) is 0 Å². The molecular formula is C17H31N5O7. The molecule has 0 aromatic carbocycles. The summed E-state index contributed by atoms with van der Waals surface area (Å²) in [6.45, 7) is 3.96. The van der Waals surface area contributed by atoms with Gasteiger partial charge in [-0.15, -0.1) is 0 Å². The molecule has 1 aliphatic heterocycles. The van der Waals surface area contributed by atoms with Crippen LogP contribution in [0.4, 0.5) is 0 Å². The molecule has 0 aliphatic carbocycles. The lowest BCUT2D eigenvalue weighted by Crippen LogP contribution is -2.47. The summed E-state index contributed by atoms with van der Waals surface area (Å²) in [6.07, 6.45) is 0. The summed E-state index contributed by atoms with van der Waals surface area (Å²) in [5.41, 5.74) is 0. The fourth-order valence-corrected chi connectivity index (χ4v) is 3.10. The average Bonchev–Trinajstić information content (AvgIpc) is 2.62. The predicted molar refractivity (Wildman–Crippen MR) is 102 cm³/mol. The van der Waals surface area contributed by atoms with Gasteiger partial charge in [-0.3, -0.25) is 38.8 Å². The van der Waals surface area contributed by atoms with E-state index in [1.165, 1.54) is 0 Å². The number of likely N-dealkylation sites (N-methyl/N-ethyl adjacent to an activating group) is 1. The van der Waals surface area contributed by atoms with E-state index < -0.39 is 17.9 Å². The third kappa shape index (κ3) is 11.3. The molecule has 1 rings (SSSR count). The fourth-order valence-electron chi connectivity index (χ4n) is 3.10. The molecular weight excluding hydrogens is 386 g/mol. The lowest BCUT2D eigenvalue weighted by Gasteiger charge is -2.29. The molecule has 1 saturated heterocycles. The second kappa shape index (κ2) is 13.0. The summed E-state index contributed by atoms with van der Waals surface area (Å²) in [6, 6.07) is 0. The first-order valence-corrected chi connectivity index (χ1v) is 9.51. The largest absolute Gasteiger partial charge is 0.480 e. The van der Waals surface area contributed by atoms with Gasteiger partial charge in [0.2, 0.25) is 5.91 Å². The predicted octanol–water partition coefficient (Wildman–Crippen LogP) is -2.44. The molecule has 12 nitrogen and oxygen atoms in total. The van der Waals surface area contributed by atoms with Crippen molar-refractivity contribution in [2.24, 2.45) is 0 Å². The van der Waals surface area contributed by atoms with Gasteiger partial charge in [-0.1, -0.05) is 0 Å². The van der Waals surface area contributed by atoms with Gasteiger partial charge in [0.15, 0.2) is 0 Å². The highest BCUT2D eigenvalue weighted by atomic mass is 16.4. The van der Waals surface area contributed by atoms with E-state index in [0.29, 0.717) is 39.3 Å². The van der Waals surface area contributed by atoms with E-state index in [4.69, 9.17) is 10.2 Å². The van der Waals surface area contributed by atoms with Crippen LogP contribution in [0.15, 0.2) is 0 Å². The van der Waals surface area contributed by atoms with Gasteiger partial charge in [0, 0.05) is 45.8 Å². The summed E-state index contributed by atoms with van der Waals surface area (Å²) >= 11 is 0. The Morgan fingerprint density at radius 1 is 0.655 bits per heavy atom. The van der Waals surface area contributed by atoms with E-state index in [0.717, 1.165) is 0 Å². The summed E-state index contributed by atoms with van der Waals surface area (Å²) in [7, 11) is 0. The van der Waals surface area contributed by atoms with Crippen LogP contribution in [0.2, 0.25) is 0 Å². The molecule has 0 radical (unpaired) electrons. The summed E-state index contributed by atoms with van der Waals surface area (Å²) in [5, 5.41) is 30.2. The van der Waals surface area contributed by atoms with Crippen LogP contribution in [0.25, 0.3) is 0 Å². The van der Waals surface area contributed by atoms with Crippen LogP contribution in [0.3, 0.4) is 0 Å². The Kier molecular flexibility index (Phi) is 11.1. The van der Waals surface area contributed by atoms with Crippen molar-refractivity contribution in [1.82, 2.24) is 24.9 Å². The van der Waals surface area contributed by atoms with Crippen molar-refractivity contribution in [3.63, 3.8) is 0 Å². The van der Waals surface area contributed by atoms with Crippen LogP contribution >= 0.6 is 0 Å². The molecule has 0 aromatic heterocycles. The Morgan fingerprint density at radius 2 is 1.00 bits per heavy atom. The molecule has 0 spiro atoms. The monoisotopic (exact) mass is 417 g/mol. The maximum absolute atomic E-state index is 12.0. The molecule has 0 saturated carbocycles. The van der Waals surface area contributed by atoms with Crippen LogP contribution in [0.1, 0.15) is 6.92 Å². The highest BCUT2D eigenvalue weighted by Crippen LogP contribution is 2.02. The number of carboxylic acids is 3. The van der Waals surface area contributed by atoms with Crippen molar-refractivity contribution in [2.45, 2.75) is 6.92 Å². The Bertz CT molecular complexity index is 574. The molecule has 0 atom stereocenters.